The zero-order valence-electron chi connectivity index (χ0n) is 11.1. The highest BCUT2D eigenvalue weighted by Gasteiger charge is 2.34. The zero-order valence-corrected chi connectivity index (χ0v) is 11.1. The van der Waals surface area contributed by atoms with Crippen molar-refractivity contribution in [2.45, 2.75) is 51.1 Å². The van der Waals surface area contributed by atoms with Crippen LogP contribution in [0.3, 0.4) is 0 Å². The first kappa shape index (κ1) is 11.9. The Labute approximate surface area is 105 Å². The quantitative estimate of drug-likeness (QED) is 0.805. The van der Waals surface area contributed by atoms with Gasteiger partial charge in [-0.2, -0.15) is 0 Å². The average Bonchev–Trinajstić information content (AvgIpc) is 3.00. The molecule has 1 N–H and O–H groups in total. The third-order valence-corrected chi connectivity index (χ3v) is 4.63. The van der Waals surface area contributed by atoms with E-state index >= 15 is 0 Å². The molecule has 3 nitrogen and oxygen atoms in total. The van der Waals surface area contributed by atoms with Crippen molar-refractivity contribution in [3.05, 3.63) is 0 Å². The van der Waals surface area contributed by atoms with E-state index in [1.54, 1.807) is 0 Å². The van der Waals surface area contributed by atoms with Crippen molar-refractivity contribution in [2.24, 2.45) is 5.41 Å². The summed E-state index contributed by atoms with van der Waals surface area (Å²) in [5.74, 6) is 0. The van der Waals surface area contributed by atoms with Gasteiger partial charge < -0.3 is 15.0 Å². The number of rotatable bonds is 4. The van der Waals surface area contributed by atoms with Crippen LogP contribution in [0.25, 0.3) is 0 Å². The minimum atomic E-state index is 0.507. The third kappa shape index (κ3) is 3.21. The number of nitrogens with one attached hydrogen (secondary N) is 1. The Balaban J connectivity index is 1.45. The molecule has 0 radical (unpaired) electrons. The summed E-state index contributed by atoms with van der Waals surface area (Å²) in [6.07, 6.45) is 6.65. The number of nitrogens with zero attached hydrogens (tertiary/aromatic N) is 1. The molecule has 1 unspecified atom stereocenters. The van der Waals surface area contributed by atoms with E-state index in [9.17, 15) is 0 Å². The van der Waals surface area contributed by atoms with Gasteiger partial charge >= 0.3 is 0 Å². The molecule has 2 aliphatic heterocycles. The van der Waals surface area contributed by atoms with E-state index in [0.29, 0.717) is 5.41 Å². The second-order valence-corrected chi connectivity index (χ2v) is 6.58. The fraction of sp³-hybridized carbons (Fsp3) is 1.00. The van der Waals surface area contributed by atoms with Gasteiger partial charge in [0, 0.05) is 38.4 Å². The van der Waals surface area contributed by atoms with Crippen molar-refractivity contribution in [3.8, 4) is 0 Å². The zero-order chi connectivity index (χ0) is 11.7. The molecule has 0 bridgehead atoms. The van der Waals surface area contributed by atoms with Crippen LogP contribution in [0.2, 0.25) is 0 Å². The molecule has 3 rings (SSSR count). The van der Waals surface area contributed by atoms with Crippen molar-refractivity contribution >= 4 is 0 Å². The Kier molecular flexibility index (Phi) is 3.42. The van der Waals surface area contributed by atoms with E-state index in [1.165, 1.54) is 51.7 Å². The van der Waals surface area contributed by atoms with E-state index in [0.717, 1.165) is 25.3 Å². The maximum atomic E-state index is 5.48. The monoisotopic (exact) mass is 238 g/mol. The molecule has 0 aromatic heterocycles. The SMILES string of the molecule is CC1(CN2CCC(NC3CC3)C2)CCOCC1. The van der Waals surface area contributed by atoms with Crippen LogP contribution in [0.4, 0.5) is 0 Å². The first-order valence-corrected chi connectivity index (χ1v) is 7.30. The summed E-state index contributed by atoms with van der Waals surface area (Å²) >= 11 is 0. The summed E-state index contributed by atoms with van der Waals surface area (Å²) < 4.78 is 5.48. The Morgan fingerprint density at radius 1 is 1.18 bits per heavy atom. The molecule has 98 valence electrons. The largest absolute Gasteiger partial charge is 0.381 e. The van der Waals surface area contributed by atoms with Crippen LogP contribution < -0.4 is 5.32 Å². The molecule has 17 heavy (non-hydrogen) atoms. The normalized spacial score (nSPS) is 34.1. The van der Waals surface area contributed by atoms with Crippen molar-refractivity contribution in [3.63, 3.8) is 0 Å². The van der Waals surface area contributed by atoms with Crippen molar-refractivity contribution in [1.82, 2.24) is 10.2 Å². The maximum Gasteiger partial charge on any atom is 0.0471 e. The minimum absolute atomic E-state index is 0.507. The van der Waals surface area contributed by atoms with E-state index in [1.807, 2.05) is 0 Å². The molecule has 0 aromatic rings. The Morgan fingerprint density at radius 2 is 1.94 bits per heavy atom. The van der Waals surface area contributed by atoms with Crippen molar-refractivity contribution in [2.75, 3.05) is 32.8 Å². The highest BCUT2D eigenvalue weighted by molar-refractivity contribution is 4.91. The van der Waals surface area contributed by atoms with Gasteiger partial charge in [0.15, 0.2) is 0 Å². The van der Waals surface area contributed by atoms with Crippen LogP contribution in [-0.2, 0) is 4.74 Å². The van der Waals surface area contributed by atoms with E-state index in [-0.39, 0.29) is 0 Å². The topological polar surface area (TPSA) is 24.5 Å². The van der Waals surface area contributed by atoms with Gasteiger partial charge in [0.1, 0.15) is 0 Å². The molecular weight excluding hydrogens is 212 g/mol. The Bertz CT molecular complexity index is 259. The van der Waals surface area contributed by atoms with Gasteiger partial charge in [-0.3, -0.25) is 0 Å². The van der Waals surface area contributed by atoms with Crippen LogP contribution in [0.15, 0.2) is 0 Å². The van der Waals surface area contributed by atoms with Crippen LogP contribution >= 0.6 is 0 Å². The molecular formula is C14H26N2O. The van der Waals surface area contributed by atoms with Crippen LogP contribution in [0.1, 0.15) is 39.0 Å². The minimum Gasteiger partial charge on any atom is -0.381 e. The molecule has 2 heterocycles. The molecule has 3 fully saturated rings. The van der Waals surface area contributed by atoms with Gasteiger partial charge in [-0.1, -0.05) is 6.92 Å². The Hall–Kier alpha value is -0.120. The van der Waals surface area contributed by atoms with Crippen LogP contribution in [0.5, 0.6) is 0 Å². The van der Waals surface area contributed by atoms with Crippen molar-refractivity contribution < 1.29 is 4.74 Å². The lowest BCUT2D eigenvalue weighted by Crippen LogP contribution is -2.40. The van der Waals surface area contributed by atoms with Gasteiger partial charge in [0.25, 0.3) is 0 Å². The number of likely N-dealkylation sites (tertiary alicyclic amines) is 1. The molecule has 1 saturated carbocycles. The lowest BCUT2D eigenvalue weighted by atomic mass is 9.82. The molecule has 0 aromatic carbocycles. The molecule has 1 aliphatic carbocycles. The van der Waals surface area contributed by atoms with E-state index in [2.05, 4.69) is 17.1 Å². The number of hydrogen-bond acceptors (Lipinski definition) is 3. The molecule has 1 atom stereocenters. The molecule has 0 spiro atoms. The Morgan fingerprint density at radius 3 is 2.65 bits per heavy atom. The highest BCUT2D eigenvalue weighted by atomic mass is 16.5. The first-order chi connectivity index (χ1) is 8.23. The fourth-order valence-corrected chi connectivity index (χ4v) is 3.26. The van der Waals surface area contributed by atoms with Gasteiger partial charge in [-0.25, -0.2) is 0 Å². The first-order valence-electron chi connectivity index (χ1n) is 7.30. The fourth-order valence-electron chi connectivity index (χ4n) is 3.26. The molecule has 3 heteroatoms. The lowest BCUT2D eigenvalue weighted by Gasteiger charge is -2.37. The highest BCUT2D eigenvalue weighted by Crippen LogP contribution is 2.32. The molecule has 2 saturated heterocycles. The molecule has 3 aliphatic rings. The van der Waals surface area contributed by atoms with Crippen LogP contribution in [0, 0.1) is 5.41 Å². The lowest BCUT2D eigenvalue weighted by molar-refractivity contribution is 0.00827. The van der Waals surface area contributed by atoms with Gasteiger partial charge in [-0.05, 0) is 44.1 Å². The number of hydrogen-bond donors (Lipinski definition) is 1. The van der Waals surface area contributed by atoms with E-state index in [4.69, 9.17) is 4.74 Å². The predicted octanol–water partition coefficient (Wildman–Crippen LogP) is 1.63. The summed E-state index contributed by atoms with van der Waals surface area (Å²) in [4.78, 5) is 2.67. The summed E-state index contributed by atoms with van der Waals surface area (Å²) in [5, 5.41) is 3.77. The molecule has 0 amide bonds. The average molecular weight is 238 g/mol. The van der Waals surface area contributed by atoms with Gasteiger partial charge in [-0.15, -0.1) is 0 Å². The van der Waals surface area contributed by atoms with Crippen LogP contribution in [-0.4, -0.2) is 49.8 Å². The second-order valence-electron chi connectivity index (χ2n) is 6.58. The maximum absolute atomic E-state index is 5.48. The summed E-state index contributed by atoms with van der Waals surface area (Å²) in [6.45, 7) is 8.21. The number of ether oxygens (including phenoxy) is 1. The summed E-state index contributed by atoms with van der Waals surface area (Å²) in [5.41, 5.74) is 0.507. The van der Waals surface area contributed by atoms with Crippen molar-refractivity contribution in [1.29, 1.82) is 0 Å². The van der Waals surface area contributed by atoms with E-state index < -0.39 is 0 Å². The summed E-state index contributed by atoms with van der Waals surface area (Å²) in [7, 11) is 0. The third-order valence-electron chi connectivity index (χ3n) is 4.63. The summed E-state index contributed by atoms with van der Waals surface area (Å²) in [6, 6.07) is 1.63. The van der Waals surface area contributed by atoms with Gasteiger partial charge in [0.05, 0.1) is 0 Å². The second kappa shape index (κ2) is 4.87. The standard InChI is InChI=1S/C14H26N2O/c1-14(5-8-17-9-6-14)11-16-7-4-13(10-16)15-12-2-3-12/h12-13,15H,2-11H2,1H3. The smallest absolute Gasteiger partial charge is 0.0471 e. The predicted molar refractivity (Wildman–Crippen MR) is 69.2 cm³/mol. The van der Waals surface area contributed by atoms with Gasteiger partial charge in [0.2, 0.25) is 0 Å².